The van der Waals surface area contributed by atoms with Crippen molar-refractivity contribution >= 4 is 5.78 Å². The van der Waals surface area contributed by atoms with Crippen LogP contribution in [0, 0.1) is 5.92 Å². The molecule has 1 rings (SSSR count). The van der Waals surface area contributed by atoms with Crippen molar-refractivity contribution in [2.75, 3.05) is 13.7 Å². The Hall–Kier alpha value is -0.830. The summed E-state index contributed by atoms with van der Waals surface area (Å²) in [5.74, 6) is 0.675. The van der Waals surface area contributed by atoms with Gasteiger partial charge in [-0.1, -0.05) is 13.8 Å². The molecule has 0 fully saturated rings. The van der Waals surface area contributed by atoms with Crippen molar-refractivity contribution in [1.29, 1.82) is 0 Å². The molecule has 0 aromatic rings. The normalized spacial score (nSPS) is 25.7. The van der Waals surface area contributed by atoms with Gasteiger partial charge >= 0.3 is 0 Å². The Morgan fingerprint density at radius 3 is 2.87 bits per heavy atom. The highest BCUT2D eigenvalue weighted by Crippen LogP contribution is 2.23. The lowest BCUT2D eigenvalue weighted by atomic mass is 9.87. The molecule has 1 aliphatic heterocycles. The minimum absolute atomic E-state index is 0.248. The minimum atomic E-state index is 0.248. The first-order valence-electron chi connectivity index (χ1n) is 5.70. The van der Waals surface area contributed by atoms with Crippen LogP contribution in [0.15, 0.2) is 11.8 Å². The predicted octanol–water partition coefficient (Wildman–Crippen LogP) is 1.88. The van der Waals surface area contributed by atoms with E-state index in [4.69, 9.17) is 4.74 Å². The lowest BCUT2D eigenvalue weighted by molar-refractivity contribution is -0.115. The molecule has 0 bridgehead atoms. The maximum absolute atomic E-state index is 11.6. The van der Waals surface area contributed by atoms with E-state index >= 15 is 0 Å². The molecule has 1 heterocycles. The van der Waals surface area contributed by atoms with Crippen LogP contribution < -0.4 is 5.32 Å². The van der Waals surface area contributed by atoms with E-state index in [0.717, 1.165) is 25.0 Å². The SMILES string of the molecule is CCC(=O)C1=CNC(CC)[C@H](COC)C1. The van der Waals surface area contributed by atoms with Crippen LogP contribution in [0.4, 0.5) is 0 Å². The van der Waals surface area contributed by atoms with Crippen molar-refractivity contribution in [2.45, 2.75) is 39.2 Å². The topological polar surface area (TPSA) is 38.3 Å². The molecular weight excluding hydrogens is 190 g/mol. The molecule has 0 aromatic carbocycles. The Morgan fingerprint density at radius 2 is 2.33 bits per heavy atom. The Morgan fingerprint density at radius 1 is 1.60 bits per heavy atom. The summed E-state index contributed by atoms with van der Waals surface area (Å²) in [4.78, 5) is 11.6. The predicted molar refractivity (Wildman–Crippen MR) is 60.6 cm³/mol. The van der Waals surface area contributed by atoms with Gasteiger partial charge < -0.3 is 10.1 Å². The third-order valence-electron chi connectivity index (χ3n) is 3.02. The number of Topliss-reactive ketones (excluding diaryl/α,β-unsaturated/α-hetero) is 1. The smallest absolute Gasteiger partial charge is 0.160 e. The average molecular weight is 211 g/mol. The van der Waals surface area contributed by atoms with Crippen LogP contribution in [0.2, 0.25) is 0 Å². The van der Waals surface area contributed by atoms with Crippen molar-refractivity contribution in [3.05, 3.63) is 11.8 Å². The van der Waals surface area contributed by atoms with E-state index in [1.54, 1.807) is 7.11 Å². The summed E-state index contributed by atoms with van der Waals surface area (Å²) in [5.41, 5.74) is 0.921. The van der Waals surface area contributed by atoms with E-state index in [9.17, 15) is 4.79 Å². The van der Waals surface area contributed by atoms with Gasteiger partial charge in [0.15, 0.2) is 5.78 Å². The number of nitrogens with one attached hydrogen (secondary N) is 1. The summed E-state index contributed by atoms with van der Waals surface area (Å²) in [6.45, 7) is 4.78. The fraction of sp³-hybridized carbons (Fsp3) is 0.750. The number of methoxy groups -OCH3 is 1. The van der Waals surface area contributed by atoms with E-state index in [0.29, 0.717) is 18.4 Å². The molecule has 0 spiro atoms. The summed E-state index contributed by atoms with van der Waals surface area (Å²) in [6.07, 6.45) is 4.40. The highest BCUT2D eigenvalue weighted by atomic mass is 16.5. The summed E-state index contributed by atoms with van der Waals surface area (Å²) in [6, 6.07) is 0.443. The Bertz CT molecular complexity index is 248. The summed E-state index contributed by atoms with van der Waals surface area (Å²) < 4.78 is 5.20. The zero-order chi connectivity index (χ0) is 11.3. The van der Waals surface area contributed by atoms with Gasteiger partial charge in [0.05, 0.1) is 6.61 Å². The average Bonchev–Trinajstić information content (AvgIpc) is 2.28. The number of hydrogen-bond donors (Lipinski definition) is 1. The number of hydrogen-bond acceptors (Lipinski definition) is 3. The van der Waals surface area contributed by atoms with Crippen molar-refractivity contribution in [2.24, 2.45) is 5.92 Å². The molecule has 0 aromatic heterocycles. The van der Waals surface area contributed by atoms with Gasteiger partial charge in [-0.2, -0.15) is 0 Å². The van der Waals surface area contributed by atoms with Gasteiger partial charge in [-0.05, 0) is 12.8 Å². The van der Waals surface area contributed by atoms with Crippen molar-refractivity contribution in [3.63, 3.8) is 0 Å². The molecule has 15 heavy (non-hydrogen) atoms. The molecule has 86 valence electrons. The third kappa shape index (κ3) is 3.06. The van der Waals surface area contributed by atoms with Gasteiger partial charge in [-0.15, -0.1) is 0 Å². The largest absolute Gasteiger partial charge is 0.387 e. The lowest BCUT2D eigenvalue weighted by Crippen LogP contribution is -2.39. The second-order valence-electron chi connectivity index (χ2n) is 4.05. The maximum atomic E-state index is 11.6. The quantitative estimate of drug-likeness (QED) is 0.754. The first-order chi connectivity index (χ1) is 7.22. The fourth-order valence-electron chi connectivity index (χ4n) is 2.09. The van der Waals surface area contributed by atoms with E-state index in [-0.39, 0.29) is 5.78 Å². The molecular formula is C12H21NO2. The van der Waals surface area contributed by atoms with Gasteiger partial charge in [0.25, 0.3) is 0 Å². The third-order valence-corrected chi connectivity index (χ3v) is 3.02. The fourth-order valence-corrected chi connectivity index (χ4v) is 2.09. The molecule has 2 atom stereocenters. The Labute approximate surface area is 91.9 Å². The van der Waals surface area contributed by atoms with E-state index < -0.39 is 0 Å². The molecule has 0 radical (unpaired) electrons. The Kier molecular flexibility index (Phi) is 4.82. The highest BCUT2D eigenvalue weighted by molar-refractivity contribution is 5.95. The highest BCUT2D eigenvalue weighted by Gasteiger charge is 2.26. The Balaban J connectivity index is 2.66. The van der Waals surface area contributed by atoms with Crippen LogP contribution in [0.3, 0.4) is 0 Å². The van der Waals surface area contributed by atoms with Gasteiger partial charge in [0, 0.05) is 37.3 Å². The number of ether oxygens (including phenoxy) is 1. The van der Waals surface area contributed by atoms with Crippen LogP contribution in [-0.2, 0) is 9.53 Å². The zero-order valence-electron chi connectivity index (χ0n) is 9.88. The molecule has 0 saturated heterocycles. The molecule has 3 heteroatoms. The molecule has 0 amide bonds. The number of rotatable bonds is 5. The van der Waals surface area contributed by atoms with Crippen molar-refractivity contribution < 1.29 is 9.53 Å². The standard InChI is InChI=1S/C12H21NO2/c1-4-11-10(8-15-3)6-9(7-13-11)12(14)5-2/h7,10-11,13H,4-6,8H2,1-3H3/t10-,11?/m0/s1. The number of ketones is 1. The van der Waals surface area contributed by atoms with Crippen LogP contribution in [0.1, 0.15) is 33.1 Å². The molecule has 1 unspecified atom stereocenters. The second-order valence-corrected chi connectivity index (χ2v) is 4.05. The van der Waals surface area contributed by atoms with Gasteiger partial charge in [0.1, 0.15) is 0 Å². The monoisotopic (exact) mass is 211 g/mol. The lowest BCUT2D eigenvalue weighted by Gasteiger charge is -2.31. The van der Waals surface area contributed by atoms with E-state index in [2.05, 4.69) is 12.2 Å². The van der Waals surface area contributed by atoms with Crippen molar-refractivity contribution in [3.8, 4) is 0 Å². The minimum Gasteiger partial charge on any atom is -0.387 e. The molecule has 1 N–H and O–H groups in total. The van der Waals surface area contributed by atoms with Crippen LogP contribution in [0.25, 0.3) is 0 Å². The van der Waals surface area contributed by atoms with Crippen LogP contribution in [-0.4, -0.2) is 25.5 Å². The van der Waals surface area contributed by atoms with Gasteiger partial charge in [-0.3, -0.25) is 4.79 Å². The first kappa shape index (κ1) is 12.2. The van der Waals surface area contributed by atoms with Crippen LogP contribution >= 0.6 is 0 Å². The molecule has 3 nitrogen and oxygen atoms in total. The molecule has 0 aliphatic carbocycles. The second kappa shape index (κ2) is 5.91. The number of allylic oxidation sites excluding steroid dienone is 1. The number of carbonyl (C=O) groups excluding carboxylic acids is 1. The summed E-state index contributed by atoms with van der Waals surface area (Å²) >= 11 is 0. The summed E-state index contributed by atoms with van der Waals surface area (Å²) in [5, 5.41) is 3.31. The van der Waals surface area contributed by atoms with Crippen molar-refractivity contribution in [1.82, 2.24) is 5.32 Å². The van der Waals surface area contributed by atoms with Crippen LogP contribution in [0.5, 0.6) is 0 Å². The van der Waals surface area contributed by atoms with E-state index in [1.165, 1.54) is 0 Å². The molecule has 1 aliphatic rings. The van der Waals surface area contributed by atoms with E-state index in [1.807, 2.05) is 13.1 Å². The first-order valence-corrected chi connectivity index (χ1v) is 5.70. The summed E-state index contributed by atoms with van der Waals surface area (Å²) in [7, 11) is 1.71. The molecule has 0 saturated carbocycles. The number of carbonyl (C=O) groups is 1. The zero-order valence-corrected chi connectivity index (χ0v) is 9.88. The maximum Gasteiger partial charge on any atom is 0.160 e. The van der Waals surface area contributed by atoms with Gasteiger partial charge in [0.2, 0.25) is 0 Å². The van der Waals surface area contributed by atoms with Gasteiger partial charge in [-0.25, -0.2) is 0 Å².